The van der Waals surface area contributed by atoms with Gasteiger partial charge in [-0.3, -0.25) is 4.79 Å². The normalized spacial score (nSPS) is 10.0. The van der Waals surface area contributed by atoms with E-state index >= 15 is 0 Å². The smallest absolute Gasteiger partial charge is 0.322 e. The fourth-order valence-corrected chi connectivity index (χ4v) is 1.57. The van der Waals surface area contributed by atoms with Crippen LogP contribution in [0.5, 0.6) is 6.01 Å². The maximum absolute atomic E-state index is 11.1. The average Bonchev–Trinajstić information content (AvgIpc) is 2.26. The molecule has 0 unspecified atom stereocenters. The fraction of sp³-hybridized carbons (Fsp3) is 0.556. The summed E-state index contributed by atoms with van der Waals surface area (Å²) >= 11 is 1.13. The number of nitrogens with zero attached hydrogens (tertiary/aromatic N) is 3. The molecule has 2 N–H and O–H groups in total. The molecule has 0 saturated carbocycles. The van der Waals surface area contributed by atoms with E-state index < -0.39 is 0 Å². The molecule has 1 rings (SSSR count). The molecule has 1 heterocycles. The molecule has 0 saturated heterocycles. The molecule has 8 heteroatoms. The van der Waals surface area contributed by atoms with Crippen LogP contribution in [-0.2, 0) is 9.53 Å². The lowest BCUT2D eigenvalue weighted by atomic mass is 10.8. The summed E-state index contributed by atoms with van der Waals surface area (Å²) in [7, 11) is 0. The summed E-state index contributed by atoms with van der Waals surface area (Å²) in [5, 5.41) is 0.342. The highest BCUT2D eigenvalue weighted by molar-refractivity contribution is 7.99. The van der Waals surface area contributed by atoms with Crippen LogP contribution in [0.3, 0.4) is 0 Å². The van der Waals surface area contributed by atoms with Crippen molar-refractivity contribution in [1.82, 2.24) is 15.0 Å². The predicted octanol–water partition coefficient (Wildman–Crippen LogP) is 0.508. The van der Waals surface area contributed by atoms with Crippen molar-refractivity contribution < 1.29 is 14.3 Å². The number of hydrogen-bond acceptors (Lipinski definition) is 8. The summed E-state index contributed by atoms with van der Waals surface area (Å²) in [4.78, 5) is 22.8. The van der Waals surface area contributed by atoms with Crippen LogP contribution in [0, 0.1) is 0 Å². The number of hydrogen-bond donors (Lipinski definition) is 1. The summed E-state index contributed by atoms with van der Waals surface area (Å²) in [6.45, 7) is 4.34. The Bertz CT molecular complexity index is 389. The zero-order chi connectivity index (χ0) is 12.7. The van der Waals surface area contributed by atoms with E-state index in [1.165, 1.54) is 0 Å². The van der Waals surface area contributed by atoms with Crippen LogP contribution in [0.2, 0.25) is 0 Å². The highest BCUT2D eigenvalue weighted by atomic mass is 32.2. The van der Waals surface area contributed by atoms with E-state index in [9.17, 15) is 4.79 Å². The van der Waals surface area contributed by atoms with E-state index in [-0.39, 0.29) is 23.7 Å². The third kappa shape index (κ3) is 4.85. The molecule has 0 spiro atoms. The number of nitrogen functional groups attached to an aromatic ring is 1. The number of esters is 1. The number of anilines is 1. The van der Waals surface area contributed by atoms with Gasteiger partial charge in [-0.1, -0.05) is 11.8 Å². The number of carbonyl (C=O) groups excluding carboxylic acids is 1. The van der Waals surface area contributed by atoms with Gasteiger partial charge >= 0.3 is 12.0 Å². The van der Waals surface area contributed by atoms with Gasteiger partial charge in [0.1, 0.15) is 0 Å². The van der Waals surface area contributed by atoms with E-state index in [0.29, 0.717) is 18.4 Å². The summed E-state index contributed by atoms with van der Waals surface area (Å²) < 4.78 is 9.89. The van der Waals surface area contributed by atoms with E-state index in [0.717, 1.165) is 11.8 Å². The van der Waals surface area contributed by atoms with Crippen LogP contribution in [-0.4, -0.2) is 39.9 Å². The lowest BCUT2D eigenvalue weighted by Crippen LogP contribution is -2.08. The zero-order valence-corrected chi connectivity index (χ0v) is 10.5. The maximum Gasteiger partial charge on any atom is 0.322 e. The van der Waals surface area contributed by atoms with Gasteiger partial charge in [-0.05, 0) is 13.8 Å². The number of ether oxygens (including phenoxy) is 2. The number of aromatic nitrogens is 3. The van der Waals surface area contributed by atoms with Gasteiger partial charge < -0.3 is 15.2 Å². The summed E-state index contributed by atoms with van der Waals surface area (Å²) in [5.41, 5.74) is 5.48. The Morgan fingerprint density at radius 3 is 2.71 bits per heavy atom. The zero-order valence-electron chi connectivity index (χ0n) is 9.67. The molecule has 1 aromatic heterocycles. The monoisotopic (exact) mass is 258 g/mol. The lowest BCUT2D eigenvalue weighted by Gasteiger charge is -2.04. The molecule has 7 nitrogen and oxygen atoms in total. The summed E-state index contributed by atoms with van der Waals surface area (Å²) in [5.74, 6) is -0.132. The minimum absolute atomic E-state index is 0.0646. The van der Waals surface area contributed by atoms with Crippen LogP contribution < -0.4 is 10.5 Å². The van der Waals surface area contributed by atoms with Gasteiger partial charge in [0.05, 0.1) is 19.0 Å². The maximum atomic E-state index is 11.1. The summed E-state index contributed by atoms with van der Waals surface area (Å²) in [6.07, 6.45) is 0. The van der Waals surface area contributed by atoms with Gasteiger partial charge in [-0.2, -0.15) is 15.0 Å². The number of nitrogens with two attached hydrogens (primary N) is 1. The number of thioether (sulfide) groups is 1. The number of carbonyl (C=O) groups is 1. The Labute approximate surface area is 103 Å². The van der Waals surface area contributed by atoms with Crippen LogP contribution in [0.25, 0.3) is 0 Å². The molecule has 1 aromatic rings. The second-order valence-corrected chi connectivity index (χ2v) is 3.73. The van der Waals surface area contributed by atoms with Gasteiger partial charge in [-0.25, -0.2) is 0 Å². The lowest BCUT2D eigenvalue weighted by molar-refractivity contribution is -0.139. The van der Waals surface area contributed by atoms with E-state index in [1.807, 2.05) is 6.92 Å². The molecule has 0 aromatic carbocycles. The standard InChI is InChI=1S/C9H14N4O3S/c1-3-15-6(14)5-17-9-12-7(10)11-8(13-9)16-4-2/h3-5H2,1-2H3,(H2,10,11,12,13). The van der Waals surface area contributed by atoms with Gasteiger partial charge in [0.25, 0.3) is 0 Å². The van der Waals surface area contributed by atoms with Crippen LogP contribution in [0.4, 0.5) is 5.95 Å². The van der Waals surface area contributed by atoms with Gasteiger partial charge in [0, 0.05) is 0 Å². The fourth-order valence-electron chi connectivity index (χ4n) is 0.937. The Morgan fingerprint density at radius 1 is 1.29 bits per heavy atom. The molecule has 0 atom stereocenters. The molecule has 17 heavy (non-hydrogen) atoms. The topological polar surface area (TPSA) is 100 Å². The molecule has 0 bridgehead atoms. The first-order chi connectivity index (χ1) is 8.15. The first-order valence-corrected chi connectivity index (χ1v) is 6.07. The van der Waals surface area contributed by atoms with Crippen molar-refractivity contribution in [3.8, 4) is 6.01 Å². The minimum atomic E-state index is -0.325. The van der Waals surface area contributed by atoms with Crippen molar-refractivity contribution >= 4 is 23.7 Å². The molecule has 0 radical (unpaired) electrons. The molecule has 0 aliphatic heterocycles. The van der Waals surface area contributed by atoms with Crippen molar-refractivity contribution in [2.45, 2.75) is 19.0 Å². The molecule has 0 amide bonds. The Kier molecular flexibility index (Phi) is 5.47. The molecule has 0 aliphatic carbocycles. The quantitative estimate of drug-likeness (QED) is 0.581. The Hall–Kier alpha value is -1.57. The summed E-state index contributed by atoms with van der Waals surface area (Å²) in [6, 6.07) is 0.159. The van der Waals surface area contributed by atoms with Gasteiger partial charge in [0.2, 0.25) is 5.95 Å². The van der Waals surface area contributed by atoms with E-state index in [2.05, 4.69) is 15.0 Å². The first-order valence-electron chi connectivity index (χ1n) is 5.08. The molecule has 0 aliphatic rings. The average molecular weight is 258 g/mol. The minimum Gasteiger partial charge on any atom is -0.465 e. The van der Waals surface area contributed by atoms with Gasteiger partial charge in [0.15, 0.2) is 5.16 Å². The third-order valence-corrected chi connectivity index (χ3v) is 2.33. The van der Waals surface area contributed by atoms with Crippen molar-refractivity contribution in [1.29, 1.82) is 0 Å². The van der Waals surface area contributed by atoms with Crippen LogP contribution in [0.15, 0.2) is 5.16 Å². The van der Waals surface area contributed by atoms with Crippen molar-refractivity contribution in [2.24, 2.45) is 0 Å². The Morgan fingerprint density at radius 2 is 2.06 bits per heavy atom. The second kappa shape index (κ2) is 6.89. The van der Waals surface area contributed by atoms with Crippen molar-refractivity contribution in [3.63, 3.8) is 0 Å². The predicted molar refractivity (Wildman–Crippen MR) is 62.8 cm³/mol. The van der Waals surface area contributed by atoms with Crippen molar-refractivity contribution in [2.75, 3.05) is 24.7 Å². The molecular weight excluding hydrogens is 244 g/mol. The molecule has 0 fully saturated rings. The second-order valence-electron chi connectivity index (χ2n) is 2.79. The van der Waals surface area contributed by atoms with Crippen LogP contribution in [0.1, 0.15) is 13.8 Å². The molecular formula is C9H14N4O3S. The first kappa shape index (κ1) is 13.5. The van der Waals surface area contributed by atoms with Crippen molar-refractivity contribution in [3.05, 3.63) is 0 Å². The third-order valence-electron chi connectivity index (χ3n) is 1.51. The Balaban J connectivity index is 2.61. The molecule has 94 valence electrons. The van der Waals surface area contributed by atoms with E-state index in [4.69, 9.17) is 15.2 Å². The number of rotatable bonds is 6. The highest BCUT2D eigenvalue weighted by Gasteiger charge is 2.09. The largest absolute Gasteiger partial charge is 0.465 e. The van der Waals surface area contributed by atoms with E-state index in [1.54, 1.807) is 6.92 Å². The van der Waals surface area contributed by atoms with Gasteiger partial charge in [-0.15, -0.1) is 0 Å². The van der Waals surface area contributed by atoms with Crippen LogP contribution >= 0.6 is 11.8 Å². The SMILES string of the molecule is CCOC(=O)CSc1nc(N)nc(OCC)n1. The highest BCUT2D eigenvalue weighted by Crippen LogP contribution is 2.16.